The van der Waals surface area contributed by atoms with Gasteiger partial charge in [-0.05, 0) is 29.8 Å². The number of hydrogen-bond acceptors (Lipinski definition) is 7. The molecule has 1 amide bonds. The number of rotatable bonds is 8. The van der Waals surface area contributed by atoms with Gasteiger partial charge in [0, 0.05) is 29.6 Å². The van der Waals surface area contributed by atoms with E-state index < -0.39 is 0 Å². The SMILES string of the molecule is C=CC(=O)Nc1cccc(Oc2ncnc(N)c2-c2ccc(OCc3ccccc3)nc2)c1. The summed E-state index contributed by atoms with van der Waals surface area (Å²) in [6.07, 6.45) is 4.14. The largest absolute Gasteiger partial charge is 0.473 e. The highest BCUT2D eigenvalue weighted by molar-refractivity contribution is 5.98. The number of nitrogens with two attached hydrogens (primary N) is 1. The van der Waals surface area contributed by atoms with Crippen LogP contribution >= 0.6 is 0 Å². The molecular formula is C25H21N5O3. The third-order valence-corrected chi connectivity index (χ3v) is 4.60. The first kappa shape index (κ1) is 21.5. The van der Waals surface area contributed by atoms with Crippen LogP contribution in [-0.2, 0) is 11.4 Å². The predicted molar refractivity (Wildman–Crippen MR) is 126 cm³/mol. The molecule has 0 fully saturated rings. The van der Waals surface area contributed by atoms with Gasteiger partial charge in [0.2, 0.25) is 17.7 Å². The standard InChI is InChI=1S/C25H21N5O3/c1-2-21(31)30-19-9-6-10-20(13-19)33-25-23(24(26)28-16-29-25)18-11-12-22(27-14-18)32-15-17-7-4-3-5-8-17/h2-14,16H,1,15H2,(H,30,31)(H2,26,28,29). The molecule has 0 spiro atoms. The van der Waals surface area contributed by atoms with Gasteiger partial charge in [-0.3, -0.25) is 4.79 Å². The smallest absolute Gasteiger partial charge is 0.247 e. The fourth-order valence-corrected chi connectivity index (χ4v) is 3.02. The van der Waals surface area contributed by atoms with Crippen LogP contribution in [-0.4, -0.2) is 20.9 Å². The summed E-state index contributed by atoms with van der Waals surface area (Å²) in [5.74, 6) is 1.13. The number of hydrogen-bond donors (Lipinski definition) is 2. The number of anilines is 2. The Kier molecular flexibility index (Phi) is 6.56. The highest BCUT2D eigenvalue weighted by Crippen LogP contribution is 2.35. The molecule has 0 aliphatic carbocycles. The number of nitrogen functional groups attached to an aromatic ring is 1. The molecule has 2 aromatic heterocycles. The first-order chi connectivity index (χ1) is 16.1. The minimum Gasteiger partial charge on any atom is -0.473 e. The van der Waals surface area contributed by atoms with Gasteiger partial charge in [-0.25, -0.2) is 15.0 Å². The van der Waals surface area contributed by atoms with E-state index in [0.29, 0.717) is 35.1 Å². The summed E-state index contributed by atoms with van der Waals surface area (Å²) in [6.45, 7) is 3.86. The van der Waals surface area contributed by atoms with Gasteiger partial charge in [-0.15, -0.1) is 0 Å². The van der Waals surface area contributed by atoms with Crippen molar-refractivity contribution < 1.29 is 14.3 Å². The van der Waals surface area contributed by atoms with Crippen molar-refractivity contribution in [2.75, 3.05) is 11.1 Å². The van der Waals surface area contributed by atoms with E-state index in [0.717, 1.165) is 5.56 Å². The lowest BCUT2D eigenvalue weighted by Gasteiger charge is -2.13. The van der Waals surface area contributed by atoms with Crippen LogP contribution in [0.5, 0.6) is 17.5 Å². The Bertz CT molecular complexity index is 1260. The zero-order valence-electron chi connectivity index (χ0n) is 17.6. The lowest BCUT2D eigenvalue weighted by atomic mass is 10.1. The van der Waals surface area contributed by atoms with Crippen molar-refractivity contribution in [2.24, 2.45) is 0 Å². The van der Waals surface area contributed by atoms with E-state index in [1.54, 1.807) is 36.5 Å². The molecule has 164 valence electrons. The van der Waals surface area contributed by atoms with Gasteiger partial charge in [0.25, 0.3) is 0 Å². The lowest BCUT2D eigenvalue weighted by Crippen LogP contribution is -2.07. The Morgan fingerprint density at radius 3 is 2.64 bits per heavy atom. The molecule has 0 saturated heterocycles. The van der Waals surface area contributed by atoms with E-state index in [1.807, 2.05) is 36.4 Å². The van der Waals surface area contributed by atoms with Crippen LogP contribution < -0.4 is 20.5 Å². The highest BCUT2D eigenvalue weighted by Gasteiger charge is 2.15. The van der Waals surface area contributed by atoms with Crippen molar-refractivity contribution in [3.63, 3.8) is 0 Å². The molecule has 0 aliphatic rings. The van der Waals surface area contributed by atoms with E-state index >= 15 is 0 Å². The van der Waals surface area contributed by atoms with Crippen LogP contribution in [0.25, 0.3) is 11.1 Å². The Labute approximate surface area is 190 Å². The number of nitrogens with zero attached hydrogens (tertiary/aromatic N) is 3. The van der Waals surface area contributed by atoms with Crippen LogP contribution in [0.15, 0.2) is 91.9 Å². The maximum absolute atomic E-state index is 11.6. The second-order valence-corrected chi connectivity index (χ2v) is 6.92. The first-order valence-electron chi connectivity index (χ1n) is 10.1. The molecule has 8 heteroatoms. The minimum absolute atomic E-state index is 0.246. The number of carbonyl (C=O) groups excluding carboxylic acids is 1. The summed E-state index contributed by atoms with van der Waals surface area (Å²) in [4.78, 5) is 24.3. The minimum atomic E-state index is -0.320. The van der Waals surface area contributed by atoms with Crippen LogP contribution in [0, 0.1) is 0 Å². The number of ether oxygens (including phenoxy) is 2. The van der Waals surface area contributed by atoms with E-state index in [1.165, 1.54) is 12.4 Å². The third kappa shape index (κ3) is 5.50. The predicted octanol–water partition coefficient (Wildman–Crippen LogP) is 4.62. The number of amides is 1. The highest BCUT2D eigenvalue weighted by atomic mass is 16.5. The van der Waals surface area contributed by atoms with Gasteiger partial charge >= 0.3 is 0 Å². The van der Waals surface area contributed by atoms with Crippen molar-refractivity contribution in [3.8, 4) is 28.6 Å². The molecule has 33 heavy (non-hydrogen) atoms. The Hall–Kier alpha value is -4.72. The fourth-order valence-electron chi connectivity index (χ4n) is 3.02. The molecule has 8 nitrogen and oxygen atoms in total. The molecule has 0 unspecified atom stereocenters. The maximum Gasteiger partial charge on any atom is 0.247 e. The van der Waals surface area contributed by atoms with Crippen molar-refractivity contribution >= 4 is 17.4 Å². The molecule has 4 aromatic rings. The van der Waals surface area contributed by atoms with Gasteiger partial charge in [0.05, 0.1) is 5.56 Å². The van der Waals surface area contributed by atoms with Gasteiger partial charge in [-0.2, -0.15) is 0 Å². The van der Waals surface area contributed by atoms with Crippen molar-refractivity contribution in [2.45, 2.75) is 6.61 Å². The van der Waals surface area contributed by atoms with Gasteiger partial charge in [0.15, 0.2) is 0 Å². The monoisotopic (exact) mass is 439 g/mol. The number of carbonyl (C=O) groups is 1. The Balaban J connectivity index is 1.54. The normalized spacial score (nSPS) is 10.3. The number of nitrogens with one attached hydrogen (secondary N) is 1. The summed E-state index contributed by atoms with van der Waals surface area (Å²) in [5, 5.41) is 2.69. The van der Waals surface area contributed by atoms with Crippen molar-refractivity contribution in [1.82, 2.24) is 15.0 Å². The summed E-state index contributed by atoms with van der Waals surface area (Å²) >= 11 is 0. The maximum atomic E-state index is 11.6. The number of aromatic nitrogens is 3. The first-order valence-corrected chi connectivity index (χ1v) is 10.1. The van der Waals surface area contributed by atoms with E-state index in [9.17, 15) is 4.79 Å². The zero-order chi connectivity index (χ0) is 23.0. The summed E-state index contributed by atoms with van der Waals surface area (Å²) in [5.41, 5.74) is 8.91. The van der Waals surface area contributed by atoms with Gasteiger partial charge in [0.1, 0.15) is 24.5 Å². The van der Waals surface area contributed by atoms with Crippen LogP contribution in [0.3, 0.4) is 0 Å². The van der Waals surface area contributed by atoms with E-state index in [4.69, 9.17) is 15.2 Å². The zero-order valence-corrected chi connectivity index (χ0v) is 17.6. The Morgan fingerprint density at radius 2 is 1.88 bits per heavy atom. The van der Waals surface area contributed by atoms with Crippen LogP contribution in [0.4, 0.5) is 11.5 Å². The lowest BCUT2D eigenvalue weighted by molar-refractivity contribution is -0.111. The molecule has 0 saturated carbocycles. The molecule has 3 N–H and O–H groups in total. The topological polar surface area (TPSA) is 112 Å². The van der Waals surface area contributed by atoms with E-state index in [-0.39, 0.29) is 17.6 Å². The van der Waals surface area contributed by atoms with Crippen LogP contribution in [0.2, 0.25) is 0 Å². The van der Waals surface area contributed by atoms with Crippen LogP contribution in [0.1, 0.15) is 5.56 Å². The molecule has 0 aliphatic heterocycles. The molecule has 0 radical (unpaired) electrons. The molecule has 2 heterocycles. The average Bonchev–Trinajstić information content (AvgIpc) is 2.84. The van der Waals surface area contributed by atoms with E-state index in [2.05, 4.69) is 26.8 Å². The third-order valence-electron chi connectivity index (χ3n) is 4.60. The van der Waals surface area contributed by atoms with Crippen molar-refractivity contribution in [1.29, 1.82) is 0 Å². The van der Waals surface area contributed by atoms with Gasteiger partial charge < -0.3 is 20.5 Å². The fraction of sp³-hybridized carbons (Fsp3) is 0.0400. The van der Waals surface area contributed by atoms with Crippen molar-refractivity contribution in [3.05, 3.63) is 97.5 Å². The quantitative estimate of drug-likeness (QED) is 0.385. The Morgan fingerprint density at radius 1 is 1.03 bits per heavy atom. The molecular weight excluding hydrogens is 418 g/mol. The number of pyridine rings is 1. The molecule has 0 bridgehead atoms. The summed E-state index contributed by atoms with van der Waals surface area (Å²) in [7, 11) is 0. The number of benzene rings is 2. The molecule has 0 atom stereocenters. The summed E-state index contributed by atoms with van der Waals surface area (Å²) < 4.78 is 11.7. The average molecular weight is 439 g/mol. The second-order valence-electron chi connectivity index (χ2n) is 6.92. The second kappa shape index (κ2) is 10.1. The molecule has 4 rings (SSSR count). The van der Waals surface area contributed by atoms with Gasteiger partial charge in [-0.1, -0.05) is 43.0 Å². The summed E-state index contributed by atoms with van der Waals surface area (Å²) in [6, 6.07) is 20.3. The molecule has 2 aromatic carbocycles.